The van der Waals surface area contributed by atoms with E-state index >= 15 is 0 Å². The van der Waals surface area contributed by atoms with Crippen molar-refractivity contribution < 1.29 is 19.2 Å². The molecule has 12 nitrogen and oxygen atoms in total. The van der Waals surface area contributed by atoms with E-state index in [0.717, 1.165) is 11.3 Å². The zero-order valence-electron chi connectivity index (χ0n) is 20.0. The number of nitrogens with one attached hydrogen (secondary N) is 2. The number of anilines is 2. The largest absolute Gasteiger partial charge is 0.361 e. The number of benzene rings is 1. The van der Waals surface area contributed by atoms with Gasteiger partial charge in [-0.1, -0.05) is 11.3 Å². The molecule has 0 radical (unpaired) electrons. The molecule has 1 atom stereocenters. The number of pyridine rings is 1. The molecule has 2 N–H and O–H groups in total. The Hall–Kier alpha value is -4.61. The zero-order valence-corrected chi connectivity index (χ0v) is 20.0. The van der Waals surface area contributed by atoms with Crippen molar-refractivity contribution in [2.45, 2.75) is 32.4 Å². The molecule has 1 aromatic carbocycles. The number of hydrogen-bond donors (Lipinski definition) is 2. The second-order valence-electron chi connectivity index (χ2n) is 8.96. The zero-order chi connectivity index (χ0) is 25.6. The summed E-state index contributed by atoms with van der Waals surface area (Å²) >= 11 is 0. The Morgan fingerprint density at radius 1 is 1.17 bits per heavy atom. The normalized spacial score (nSPS) is 17.1. The highest BCUT2D eigenvalue weighted by Crippen LogP contribution is 2.29. The average Bonchev–Trinajstić information content (AvgIpc) is 3.45. The van der Waals surface area contributed by atoms with Crippen molar-refractivity contribution in [3.05, 3.63) is 59.0 Å². The first-order chi connectivity index (χ1) is 17.2. The van der Waals surface area contributed by atoms with Crippen molar-refractivity contribution in [3.63, 3.8) is 0 Å². The smallest absolute Gasteiger partial charge is 0.277 e. The lowest BCUT2D eigenvalue weighted by Gasteiger charge is -2.29. The fourth-order valence-corrected chi connectivity index (χ4v) is 4.35. The van der Waals surface area contributed by atoms with Crippen LogP contribution in [-0.4, -0.2) is 68.6 Å². The van der Waals surface area contributed by atoms with E-state index in [1.165, 1.54) is 15.8 Å². The van der Waals surface area contributed by atoms with E-state index in [1.807, 2.05) is 21.0 Å². The first kappa shape index (κ1) is 23.1. The van der Waals surface area contributed by atoms with Gasteiger partial charge in [-0.15, -0.1) is 5.10 Å². The minimum Gasteiger partial charge on any atom is -0.361 e. The minimum atomic E-state index is -0.684. The van der Waals surface area contributed by atoms with Crippen molar-refractivity contribution in [1.82, 2.24) is 30.2 Å². The van der Waals surface area contributed by atoms with Gasteiger partial charge in [0.25, 0.3) is 11.8 Å². The molecule has 3 aromatic rings. The third-order valence-electron chi connectivity index (χ3n) is 6.19. The molecule has 1 saturated heterocycles. The predicted octanol–water partition coefficient (Wildman–Crippen LogP) is 1.05. The van der Waals surface area contributed by atoms with E-state index < -0.39 is 17.9 Å². The number of hydrogen-bond acceptors (Lipinski definition) is 8. The maximum atomic E-state index is 13.1. The van der Waals surface area contributed by atoms with Crippen LogP contribution in [0.25, 0.3) is 5.69 Å². The number of carbonyl (C=O) groups is 4. The number of rotatable bonds is 5. The molecule has 12 heteroatoms. The van der Waals surface area contributed by atoms with Crippen LogP contribution in [-0.2, 0) is 16.1 Å². The van der Waals surface area contributed by atoms with E-state index in [2.05, 4.69) is 25.9 Å². The molecule has 1 fully saturated rings. The second kappa shape index (κ2) is 8.87. The van der Waals surface area contributed by atoms with Crippen LogP contribution in [0.2, 0.25) is 0 Å². The summed E-state index contributed by atoms with van der Waals surface area (Å²) in [5, 5.41) is 13.2. The summed E-state index contributed by atoms with van der Waals surface area (Å²) in [6.07, 6.45) is 1.97. The number of fused-ring (bicyclic) bond motifs is 1. The van der Waals surface area contributed by atoms with Crippen molar-refractivity contribution in [2.24, 2.45) is 0 Å². The van der Waals surface area contributed by atoms with Crippen LogP contribution in [0.3, 0.4) is 0 Å². The van der Waals surface area contributed by atoms with Gasteiger partial charge in [0.2, 0.25) is 11.8 Å². The van der Waals surface area contributed by atoms with Crippen molar-refractivity contribution in [3.8, 4) is 5.69 Å². The van der Waals surface area contributed by atoms with Gasteiger partial charge in [0.05, 0.1) is 17.6 Å². The van der Waals surface area contributed by atoms with Gasteiger partial charge >= 0.3 is 0 Å². The van der Waals surface area contributed by atoms with E-state index in [1.54, 1.807) is 35.2 Å². The number of aryl methyl sites for hydroxylation is 1. The Bertz CT molecular complexity index is 1410. The summed E-state index contributed by atoms with van der Waals surface area (Å²) in [5.41, 5.74) is 3.23. The van der Waals surface area contributed by atoms with Crippen molar-refractivity contribution in [2.75, 3.05) is 24.3 Å². The number of imide groups is 1. The van der Waals surface area contributed by atoms with Crippen molar-refractivity contribution in [1.29, 1.82) is 0 Å². The quantitative estimate of drug-likeness (QED) is 0.508. The van der Waals surface area contributed by atoms with Crippen LogP contribution in [0.15, 0.2) is 36.5 Å². The summed E-state index contributed by atoms with van der Waals surface area (Å²) in [4.78, 5) is 57.4. The van der Waals surface area contributed by atoms with E-state index in [4.69, 9.17) is 0 Å². The molecule has 2 aliphatic heterocycles. The molecule has 184 valence electrons. The third-order valence-corrected chi connectivity index (χ3v) is 6.19. The Morgan fingerprint density at radius 2 is 1.97 bits per heavy atom. The first-order valence-corrected chi connectivity index (χ1v) is 11.4. The van der Waals surface area contributed by atoms with Gasteiger partial charge in [-0.3, -0.25) is 24.5 Å². The number of piperidine rings is 1. The van der Waals surface area contributed by atoms with Gasteiger partial charge in [0.15, 0.2) is 11.5 Å². The Kier molecular flexibility index (Phi) is 5.71. The van der Waals surface area contributed by atoms with Crippen LogP contribution >= 0.6 is 0 Å². The maximum absolute atomic E-state index is 13.1. The topological polar surface area (TPSA) is 142 Å². The Labute approximate surface area is 206 Å². The van der Waals surface area contributed by atoms with Gasteiger partial charge in [-0.25, -0.2) is 9.67 Å². The lowest BCUT2D eigenvalue weighted by atomic mass is 10.0. The first-order valence-electron chi connectivity index (χ1n) is 11.4. The molecule has 0 spiro atoms. The van der Waals surface area contributed by atoms with Gasteiger partial charge in [0, 0.05) is 38.3 Å². The van der Waals surface area contributed by atoms with Gasteiger partial charge in [0.1, 0.15) is 6.04 Å². The number of amides is 4. The molecule has 36 heavy (non-hydrogen) atoms. The fourth-order valence-electron chi connectivity index (χ4n) is 4.35. The monoisotopic (exact) mass is 488 g/mol. The minimum absolute atomic E-state index is 0.0947. The van der Waals surface area contributed by atoms with E-state index in [-0.39, 0.29) is 30.5 Å². The highest BCUT2D eigenvalue weighted by atomic mass is 16.2. The predicted molar refractivity (Wildman–Crippen MR) is 129 cm³/mol. The summed E-state index contributed by atoms with van der Waals surface area (Å²) in [6.45, 7) is 2.15. The highest BCUT2D eigenvalue weighted by molar-refractivity contribution is 6.06. The Balaban J connectivity index is 1.34. The molecule has 4 amide bonds. The number of carbonyl (C=O) groups excluding carboxylic acids is 4. The number of nitrogens with zero attached hydrogens (tertiary/aromatic N) is 6. The van der Waals surface area contributed by atoms with E-state index in [9.17, 15) is 19.2 Å². The molecule has 5 rings (SSSR count). The van der Waals surface area contributed by atoms with Crippen LogP contribution < -0.4 is 15.5 Å². The van der Waals surface area contributed by atoms with Crippen LogP contribution in [0.1, 0.15) is 44.9 Å². The average molecular weight is 489 g/mol. The maximum Gasteiger partial charge on any atom is 0.277 e. The molecule has 2 aromatic heterocycles. The SMILES string of the molecule is Cc1ccc(NC(=O)c2cn(-c3ccc4c(c3)C(=O)N(C3CCC(=O)NC3=O)C4)nn2)c(N(C)C)n1. The molecule has 2 aliphatic rings. The van der Waals surface area contributed by atoms with Gasteiger partial charge in [-0.05, 0) is 43.2 Å². The summed E-state index contributed by atoms with van der Waals surface area (Å²) in [6, 6.07) is 8.12. The Morgan fingerprint density at radius 3 is 2.72 bits per heavy atom. The lowest BCUT2D eigenvalue weighted by Crippen LogP contribution is -2.52. The second-order valence-corrected chi connectivity index (χ2v) is 8.96. The molecular weight excluding hydrogens is 464 g/mol. The molecule has 1 unspecified atom stereocenters. The van der Waals surface area contributed by atoms with Crippen molar-refractivity contribution >= 4 is 35.1 Å². The number of aromatic nitrogens is 4. The van der Waals surface area contributed by atoms with E-state index in [0.29, 0.717) is 29.2 Å². The summed E-state index contributed by atoms with van der Waals surface area (Å²) in [5.74, 6) is -0.904. The molecule has 0 saturated carbocycles. The summed E-state index contributed by atoms with van der Waals surface area (Å²) in [7, 11) is 3.67. The molecule has 0 bridgehead atoms. The fraction of sp³-hybridized carbons (Fsp3) is 0.292. The molecular formula is C24H24N8O4. The highest BCUT2D eigenvalue weighted by Gasteiger charge is 2.39. The third kappa shape index (κ3) is 4.17. The van der Waals surface area contributed by atoms with Crippen LogP contribution in [0.4, 0.5) is 11.5 Å². The standard InChI is InChI=1S/C24H24N8O4/c1-13-4-7-17(21(25-13)30(2)3)26-22(34)18-12-32(29-28-18)15-6-5-14-11-31(24(36)16(14)10-15)19-8-9-20(33)27-23(19)35/h4-7,10,12,19H,8-9,11H2,1-3H3,(H,26,34)(H,27,33,35). The van der Waals surface area contributed by atoms with Crippen LogP contribution in [0, 0.1) is 6.92 Å². The molecule has 0 aliphatic carbocycles. The summed E-state index contributed by atoms with van der Waals surface area (Å²) < 4.78 is 1.41. The lowest BCUT2D eigenvalue weighted by molar-refractivity contribution is -0.136. The van der Waals surface area contributed by atoms with Gasteiger partial charge < -0.3 is 15.1 Å². The molecule has 4 heterocycles. The van der Waals surface area contributed by atoms with Crippen LogP contribution in [0.5, 0.6) is 0 Å². The van der Waals surface area contributed by atoms with Gasteiger partial charge in [-0.2, -0.15) is 0 Å².